The second kappa shape index (κ2) is 12.9. The quantitative estimate of drug-likeness (QED) is 0.0794. The number of hydrogen-bond acceptors (Lipinski definition) is 7. The Labute approximate surface area is 172 Å². The summed E-state index contributed by atoms with van der Waals surface area (Å²) in [4.78, 5) is 58.2. The van der Waals surface area contributed by atoms with Gasteiger partial charge < -0.3 is 42.9 Å². The lowest BCUT2D eigenvalue weighted by Crippen LogP contribution is -2.56. The molecule has 4 atom stereocenters. The number of guanidine groups is 1. The van der Waals surface area contributed by atoms with Crippen molar-refractivity contribution in [3.8, 4) is 0 Å². The zero-order chi connectivity index (χ0) is 23.4. The standard InChI is InChI=1S/C16H29N7O7/c1-7(21-13(27)9(17)4-3-5-20-16(18)19)12(26)23-10(6-11(24)25)14(28)22-8(2)15(29)30/h7-10H,3-6,17H2,1-2H3,(H,21,27)(H,22,28)(H,23,26)(H,24,25)(H,29,30)(H4,18,19,20)/t7-,8-,9-,10-/m0/s1. The SMILES string of the molecule is C[C@H](NC(=O)[C@H](CC(=O)O)NC(=O)[C@H](C)NC(=O)[C@@H](N)CCCNC(=N)N)C(=O)O. The van der Waals surface area contributed by atoms with Gasteiger partial charge in [-0.2, -0.15) is 0 Å². The number of carbonyl (C=O) groups is 5. The summed E-state index contributed by atoms with van der Waals surface area (Å²) in [5.74, 6) is -5.42. The third kappa shape index (κ3) is 10.8. The summed E-state index contributed by atoms with van der Waals surface area (Å²) in [7, 11) is 0. The molecule has 0 heterocycles. The van der Waals surface area contributed by atoms with Gasteiger partial charge in [-0.1, -0.05) is 0 Å². The van der Waals surface area contributed by atoms with Crippen molar-refractivity contribution in [2.75, 3.05) is 6.54 Å². The van der Waals surface area contributed by atoms with Crippen molar-refractivity contribution in [2.24, 2.45) is 11.5 Å². The molecular weight excluding hydrogens is 402 g/mol. The van der Waals surface area contributed by atoms with Crippen molar-refractivity contribution in [1.29, 1.82) is 5.41 Å². The summed E-state index contributed by atoms with van der Waals surface area (Å²) >= 11 is 0. The minimum atomic E-state index is -1.54. The largest absolute Gasteiger partial charge is 0.481 e. The number of carboxylic acids is 2. The molecule has 30 heavy (non-hydrogen) atoms. The third-order valence-electron chi connectivity index (χ3n) is 3.84. The van der Waals surface area contributed by atoms with Crippen LogP contribution < -0.4 is 32.7 Å². The maximum Gasteiger partial charge on any atom is 0.325 e. The molecule has 0 rings (SSSR count). The number of rotatable bonds is 13. The summed E-state index contributed by atoms with van der Waals surface area (Å²) in [5.41, 5.74) is 10.9. The molecular formula is C16H29N7O7. The first kappa shape index (κ1) is 26.6. The molecule has 170 valence electrons. The maximum atomic E-state index is 12.2. The van der Waals surface area contributed by atoms with Gasteiger partial charge in [0.1, 0.15) is 18.1 Å². The van der Waals surface area contributed by atoms with Crippen molar-refractivity contribution in [3.63, 3.8) is 0 Å². The fourth-order valence-electron chi connectivity index (χ4n) is 2.12. The molecule has 0 radical (unpaired) electrons. The van der Waals surface area contributed by atoms with Crippen molar-refractivity contribution >= 4 is 35.6 Å². The zero-order valence-corrected chi connectivity index (χ0v) is 16.7. The highest BCUT2D eigenvalue weighted by molar-refractivity contribution is 5.95. The summed E-state index contributed by atoms with van der Waals surface area (Å²) < 4.78 is 0. The summed E-state index contributed by atoms with van der Waals surface area (Å²) in [6, 6.07) is -4.91. The molecule has 14 nitrogen and oxygen atoms in total. The topological polar surface area (TPSA) is 250 Å². The minimum absolute atomic E-state index is 0.212. The van der Waals surface area contributed by atoms with E-state index in [1.54, 1.807) is 0 Å². The number of nitrogens with two attached hydrogens (primary N) is 2. The predicted octanol–water partition coefficient (Wildman–Crippen LogP) is -3.37. The Balaban J connectivity index is 4.76. The molecule has 0 aliphatic heterocycles. The molecule has 0 unspecified atom stereocenters. The third-order valence-corrected chi connectivity index (χ3v) is 3.84. The van der Waals surface area contributed by atoms with E-state index in [0.717, 1.165) is 0 Å². The molecule has 0 aliphatic rings. The minimum Gasteiger partial charge on any atom is -0.481 e. The highest BCUT2D eigenvalue weighted by atomic mass is 16.4. The molecule has 0 saturated heterocycles. The van der Waals surface area contributed by atoms with Crippen molar-refractivity contribution < 1.29 is 34.2 Å². The van der Waals surface area contributed by atoms with Gasteiger partial charge in [0.15, 0.2) is 5.96 Å². The highest BCUT2D eigenvalue weighted by Crippen LogP contribution is 1.99. The van der Waals surface area contributed by atoms with Crippen LogP contribution in [-0.4, -0.2) is 76.5 Å². The van der Waals surface area contributed by atoms with Gasteiger partial charge in [-0.15, -0.1) is 0 Å². The van der Waals surface area contributed by atoms with E-state index in [9.17, 15) is 24.0 Å². The average molecular weight is 431 g/mol. The molecule has 0 bridgehead atoms. The fourth-order valence-corrected chi connectivity index (χ4v) is 2.12. The Morgan fingerprint density at radius 2 is 1.50 bits per heavy atom. The van der Waals surface area contributed by atoms with Crippen molar-refractivity contribution in [1.82, 2.24) is 21.3 Å². The van der Waals surface area contributed by atoms with Gasteiger partial charge in [-0.25, -0.2) is 0 Å². The molecule has 3 amide bonds. The lowest BCUT2D eigenvalue weighted by Gasteiger charge is -2.22. The average Bonchev–Trinajstić information content (AvgIpc) is 2.63. The van der Waals surface area contributed by atoms with Gasteiger partial charge in [0.25, 0.3) is 0 Å². The van der Waals surface area contributed by atoms with E-state index in [1.165, 1.54) is 13.8 Å². The molecule has 14 heteroatoms. The van der Waals surface area contributed by atoms with Gasteiger partial charge in [0.2, 0.25) is 17.7 Å². The van der Waals surface area contributed by atoms with E-state index in [4.69, 9.17) is 27.1 Å². The van der Waals surface area contributed by atoms with Crippen LogP contribution in [0.5, 0.6) is 0 Å². The molecule has 0 aromatic carbocycles. The Morgan fingerprint density at radius 3 is 2.00 bits per heavy atom. The second-order valence-electron chi connectivity index (χ2n) is 6.55. The molecule has 0 aromatic rings. The van der Waals surface area contributed by atoms with Crippen LogP contribution in [0.3, 0.4) is 0 Å². The van der Waals surface area contributed by atoms with E-state index < -0.39 is 60.2 Å². The number of carbonyl (C=O) groups excluding carboxylic acids is 3. The smallest absolute Gasteiger partial charge is 0.325 e. The van der Waals surface area contributed by atoms with E-state index in [1.807, 2.05) is 0 Å². The number of amides is 3. The monoisotopic (exact) mass is 431 g/mol. The summed E-state index contributed by atoms with van der Waals surface area (Å²) in [6.07, 6.45) is -0.0951. The van der Waals surface area contributed by atoms with Gasteiger partial charge in [0.05, 0.1) is 12.5 Å². The van der Waals surface area contributed by atoms with Gasteiger partial charge >= 0.3 is 11.9 Å². The van der Waals surface area contributed by atoms with Crippen LogP contribution in [0.1, 0.15) is 33.1 Å². The van der Waals surface area contributed by atoms with Crippen molar-refractivity contribution in [3.05, 3.63) is 0 Å². The molecule has 0 aliphatic carbocycles. The Morgan fingerprint density at radius 1 is 0.933 bits per heavy atom. The first-order valence-corrected chi connectivity index (χ1v) is 9.04. The van der Waals surface area contributed by atoms with Crippen LogP contribution in [0.4, 0.5) is 0 Å². The van der Waals surface area contributed by atoms with E-state index in [-0.39, 0.29) is 12.4 Å². The van der Waals surface area contributed by atoms with E-state index in [2.05, 4.69) is 21.3 Å². The van der Waals surface area contributed by atoms with Gasteiger partial charge in [-0.3, -0.25) is 29.4 Å². The Bertz CT molecular complexity index is 670. The fraction of sp³-hybridized carbons (Fsp3) is 0.625. The molecule has 11 N–H and O–H groups in total. The first-order chi connectivity index (χ1) is 13.8. The predicted molar refractivity (Wildman–Crippen MR) is 104 cm³/mol. The normalized spacial score (nSPS) is 14.4. The van der Waals surface area contributed by atoms with Crippen LogP contribution in [0, 0.1) is 5.41 Å². The first-order valence-electron chi connectivity index (χ1n) is 9.04. The number of hydrogen-bond donors (Lipinski definition) is 9. The molecule has 0 aromatic heterocycles. The molecule has 0 fully saturated rings. The zero-order valence-electron chi connectivity index (χ0n) is 16.7. The van der Waals surface area contributed by atoms with Crippen LogP contribution in [0.2, 0.25) is 0 Å². The number of aliphatic carboxylic acids is 2. The van der Waals surface area contributed by atoms with Gasteiger partial charge in [-0.05, 0) is 26.7 Å². The Hall–Kier alpha value is -3.42. The van der Waals surface area contributed by atoms with E-state index >= 15 is 0 Å². The maximum absolute atomic E-state index is 12.2. The van der Waals surface area contributed by atoms with Crippen molar-refractivity contribution in [2.45, 2.75) is 57.3 Å². The number of nitrogens with one attached hydrogen (secondary N) is 5. The lowest BCUT2D eigenvalue weighted by molar-refractivity contribution is -0.143. The summed E-state index contributed by atoms with van der Waals surface area (Å²) in [6.45, 7) is 2.83. The molecule has 0 saturated carbocycles. The van der Waals surface area contributed by atoms with Crippen LogP contribution in [0.15, 0.2) is 0 Å². The van der Waals surface area contributed by atoms with Crippen LogP contribution >= 0.6 is 0 Å². The van der Waals surface area contributed by atoms with Gasteiger partial charge in [0, 0.05) is 6.54 Å². The summed E-state index contributed by atoms with van der Waals surface area (Å²) in [5, 5.41) is 33.9. The lowest BCUT2D eigenvalue weighted by atomic mass is 10.1. The Kier molecular flexibility index (Phi) is 11.5. The van der Waals surface area contributed by atoms with Crippen LogP contribution in [0.25, 0.3) is 0 Å². The highest BCUT2D eigenvalue weighted by Gasteiger charge is 2.29. The van der Waals surface area contributed by atoms with Crippen LogP contribution in [-0.2, 0) is 24.0 Å². The second-order valence-corrected chi connectivity index (χ2v) is 6.55. The number of carboxylic acid groups (broad SMARTS) is 2. The van der Waals surface area contributed by atoms with E-state index in [0.29, 0.717) is 13.0 Å². The molecule has 0 spiro atoms.